The Kier molecular flexibility index (Phi) is 6.16. The fourth-order valence-electron chi connectivity index (χ4n) is 2.90. The first-order chi connectivity index (χ1) is 10.6. The average Bonchev–Trinajstić information content (AvgIpc) is 2.52. The highest BCUT2D eigenvalue weighted by Crippen LogP contribution is 2.26. The maximum absolute atomic E-state index is 11.7. The van der Waals surface area contributed by atoms with Crippen LogP contribution >= 0.6 is 0 Å². The van der Waals surface area contributed by atoms with E-state index in [1.807, 2.05) is 44.3 Å². The molecule has 0 aromatic heterocycles. The number of likely N-dealkylation sites (N-methyl/N-ethyl adjacent to an activating group) is 1. The minimum Gasteiger partial charge on any atom is -0.466 e. The molecule has 120 valence electrons. The Morgan fingerprint density at radius 1 is 1.41 bits per heavy atom. The third kappa shape index (κ3) is 4.42. The van der Waals surface area contributed by atoms with Gasteiger partial charge in [-0.1, -0.05) is 42.5 Å². The predicted molar refractivity (Wildman–Crippen MR) is 86.4 cm³/mol. The van der Waals surface area contributed by atoms with E-state index < -0.39 is 6.10 Å². The van der Waals surface area contributed by atoms with Gasteiger partial charge >= 0.3 is 5.97 Å². The predicted octanol–water partition coefficient (Wildman–Crippen LogP) is 2.69. The van der Waals surface area contributed by atoms with E-state index in [2.05, 4.69) is 17.1 Å². The quantitative estimate of drug-likeness (QED) is 0.648. The Balaban J connectivity index is 1.95. The molecule has 0 saturated carbocycles. The number of hydrogen-bond donors (Lipinski definition) is 1. The van der Waals surface area contributed by atoms with Gasteiger partial charge in [0.05, 0.1) is 19.1 Å². The number of aliphatic hydroxyl groups is 1. The highest BCUT2D eigenvalue weighted by Gasteiger charge is 2.28. The van der Waals surface area contributed by atoms with Crippen molar-refractivity contribution in [2.45, 2.75) is 44.4 Å². The lowest BCUT2D eigenvalue weighted by molar-refractivity contribution is -0.144. The topological polar surface area (TPSA) is 49.8 Å². The van der Waals surface area contributed by atoms with Gasteiger partial charge in [0, 0.05) is 12.1 Å². The van der Waals surface area contributed by atoms with Crippen LogP contribution in [0.5, 0.6) is 0 Å². The molecule has 4 heteroatoms. The van der Waals surface area contributed by atoms with Gasteiger partial charge in [0.1, 0.15) is 0 Å². The van der Waals surface area contributed by atoms with Gasteiger partial charge in [0.25, 0.3) is 0 Å². The summed E-state index contributed by atoms with van der Waals surface area (Å²) in [5.74, 6) is -0.173. The number of carbonyl (C=O) groups is 1. The lowest BCUT2D eigenvalue weighted by atomic mass is 9.94. The molecule has 4 nitrogen and oxygen atoms in total. The van der Waals surface area contributed by atoms with Crippen LogP contribution in [0.4, 0.5) is 0 Å². The van der Waals surface area contributed by atoms with E-state index in [1.165, 1.54) is 0 Å². The second kappa shape index (κ2) is 8.11. The third-order valence-electron chi connectivity index (χ3n) is 4.23. The molecule has 1 aromatic rings. The van der Waals surface area contributed by atoms with Gasteiger partial charge in [0.15, 0.2) is 0 Å². The summed E-state index contributed by atoms with van der Waals surface area (Å²) >= 11 is 0. The number of hydrogen-bond acceptors (Lipinski definition) is 4. The molecule has 0 fully saturated rings. The molecule has 1 unspecified atom stereocenters. The van der Waals surface area contributed by atoms with Crippen molar-refractivity contribution in [1.82, 2.24) is 4.90 Å². The largest absolute Gasteiger partial charge is 0.466 e. The average molecular weight is 303 g/mol. The van der Waals surface area contributed by atoms with Crippen molar-refractivity contribution in [3.05, 3.63) is 48.0 Å². The number of rotatable bonds is 6. The molecule has 2 rings (SSSR count). The molecule has 0 spiro atoms. The first-order valence-electron chi connectivity index (χ1n) is 7.89. The Morgan fingerprint density at radius 3 is 2.82 bits per heavy atom. The Bertz CT molecular complexity index is 500. The van der Waals surface area contributed by atoms with Crippen molar-refractivity contribution < 1.29 is 14.6 Å². The molecule has 22 heavy (non-hydrogen) atoms. The standard InChI is InChI=1S/C18H25NO3/c1-3-22-18(21)13-16-11-7-10-15(19(16)2)12-17(20)14-8-5-4-6-9-14/h4-9,11,15-17,20H,3,10,12-13H2,1-2H3/t15-,16?,17-/m0/s1. The summed E-state index contributed by atoms with van der Waals surface area (Å²) in [6.45, 7) is 2.23. The van der Waals surface area contributed by atoms with Crippen LogP contribution in [0.15, 0.2) is 42.5 Å². The molecule has 3 atom stereocenters. The van der Waals surface area contributed by atoms with Crippen molar-refractivity contribution in [1.29, 1.82) is 0 Å². The fraction of sp³-hybridized carbons (Fsp3) is 0.500. The summed E-state index contributed by atoms with van der Waals surface area (Å²) in [5.41, 5.74) is 0.937. The summed E-state index contributed by atoms with van der Waals surface area (Å²) < 4.78 is 5.03. The lowest BCUT2D eigenvalue weighted by Crippen LogP contribution is -2.43. The molecule has 1 aliphatic rings. The number of benzene rings is 1. The highest BCUT2D eigenvalue weighted by molar-refractivity contribution is 5.70. The van der Waals surface area contributed by atoms with E-state index in [1.54, 1.807) is 0 Å². The molecule has 0 saturated heterocycles. The number of nitrogens with zero attached hydrogens (tertiary/aromatic N) is 1. The number of esters is 1. The maximum Gasteiger partial charge on any atom is 0.307 e. The maximum atomic E-state index is 11.7. The smallest absolute Gasteiger partial charge is 0.307 e. The zero-order chi connectivity index (χ0) is 15.9. The Morgan fingerprint density at radius 2 is 2.14 bits per heavy atom. The summed E-state index contributed by atoms with van der Waals surface area (Å²) in [6.07, 6.45) is 5.58. The zero-order valence-corrected chi connectivity index (χ0v) is 13.3. The lowest BCUT2D eigenvalue weighted by Gasteiger charge is -2.37. The molecule has 1 heterocycles. The molecule has 0 amide bonds. The van der Waals surface area contributed by atoms with Gasteiger partial charge in [-0.15, -0.1) is 0 Å². The van der Waals surface area contributed by atoms with Gasteiger partial charge in [-0.2, -0.15) is 0 Å². The van der Waals surface area contributed by atoms with Crippen LogP contribution in [-0.4, -0.2) is 41.7 Å². The van der Waals surface area contributed by atoms with Gasteiger partial charge in [-0.3, -0.25) is 9.69 Å². The van der Waals surface area contributed by atoms with Crippen LogP contribution in [0.1, 0.15) is 37.9 Å². The minimum absolute atomic E-state index is 0.0424. The van der Waals surface area contributed by atoms with Crippen molar-refractivity contribution in [2.24, 2.45) is 0 Å². The van der Waals surface area contributed by atoms with Gasteiger partial charge < -0.3 is 9.84 Å². The number of aliphatic hydroxyl groups excluding tert-OH is 1. The monoisotopic (exact) mass is 303 g/mol. The molecular weight excluding hydrogens is 278 g/mol. The summed E-state index contributed by atoms with van der Waals surface area (Å²) in [4.78, 5) is 13.8. The number of ether oxygens (including phenoxy) is 1. The second-order valence-electron chi connectivity index (χ2n) is 5.72. The Hall–Kier alpha value is -1.65. The molecule has 1 aromatic carbocycles. The fourth-order valence-corrected chi connectivity index (χ4v) is 2.90. The van der Waals surface area contributed by atoms with Crippen LogP contribution in [0, 0.1) is 0 Å². The van der Waals surface area contributed by atoms with Gasteiger partial charge in [-0.25, -0.2) is 0 Å². The number of carbonyl (C=O) groups excluding carboxylic acids is 1. The molecule has 0 bridgehead atoms. The highest BCUT2D eigenvalue weighted by atomic mass is 16.5. The summed E-state index contributed by atoms with van der Waals surface area (Å²) in [6, 6.07) is 9.97. The first-order valence-corrected chi connectivity index (χ1v) is 7.89. The first kappa shape index (κ1) is 16.7. The van der Waals surface area contributed by atoms with E-state index >= 15 is 0 Å². The van der Waals surface area contributed by atoms with Crippen molar-refractivity contribution in [3.8, 4) is 0 Å². The van der Waals surface area contributed by atoms with Gasteiger partial charge in [-0.05, 0) is 32.4 Å². The SMILES string of the molecule is CCOC(=O)CC1C=CC[C@@H](C[C@H](O)c2ccccc2)N1C. The van der Waals surface area contributed by atoms with Crippen LogP contribution in [0.3, 0.4) is 0 Å². The van der Waals surface area contributed by atoms with Crippen molar-refractivity contribution >= 4 is 5.97 Å². The van der Waals surface area contributed by atoms with Crippen molar-refractivity contribution in [3.63, 3.8) is 0 Å². The van der Waals surface area contributed by atoms with E-state index in [-0.39, 0.29) is 18.1 Å². The summed E-state index contributed by atoms with van der Waals surface area (Å²) in [5, 5.41) is 10.4. The zero-order valence-electron chi connectivity index (χ0n) is 13.3. The van der Waals surface area contributed by atoms with Crippen LogP contribution in [0.2, 0.25) is 0 Å². The third-order valence-corrected chi connectivity index (χ3v) is 4.23. The molecule has 0 aliphatic carbocycles. The minimum atomic E-state index is -0.483. The van der Waals surface area contributed by atoms with E-state index in [0.717, 1.165) is 12.0 Å². The summed E-state index contributed by atoms with van der Waals surface area (Å²) in [7, 11) is 2.01. The Labute approximate surface area is 132 Å². The van der Waals surface area contributed by atoms with E-state index in [0.29, 0.717) is 19.4 Å². The van der Waals surface area contributed by atoms with E-state index in [4.69, 9.17) is 4.74 Å². The second-order valence-corrected chi connectivity index (χ2v) is 5.72. The normalized spacial score (nSPS) is 23.2. The van der Waals surface area contributed by atoms with Crippen molar-refractivity contribution in [2.75, 3.05) is 13.7 Å². The van der Waals surface area contributed by atoms with Crippen LogP contribution in [0.25, 0.3) is 0 Å². The molecule has 1 N–H and O–H groups in total. The van der Waals surface area contributed by atoms with Gasteiger partial charge in [0.2, 0.25) is 0 Å². The van der Waals surface area contributed by atoms with Crippen LogP contribution < -0.4 is 0 Å². The molecular formula is C18H25NO3. The molecule has 0 radical (unpaired) electrons. The molecule has 1 aliphatic heterocycles. The van der Waals surface area contributed by atoms with Crippen LogP contribution in [-0.2, 0) is 9.53 Å². The van der Waals surface area contributed by atoms with E-state index in [9.17, 15) is 9.90 Å².